The minimum Gasteiger partial charge on any atom is -1.00 e. The Balaban J connectivity index is 0.000000960. The van der Waals surface area contributed by atoms with Gasteiger partial charge in [0.05, 0.1) is 11.2 Å². The molecule has 104 valence electrons. The molecule has 0 saturated heterocycles. The van der Waals surface area contributed by atoms with Crippen LogP contribution < -0.4 is 29.6 Å². The minimum absolute atomic E-state index is 0. The number of aryl methyl sites for hydroxylation is 2. The molecule has 3 heteroatoms. The number of aromatic nitrogens is 2. The molecule has 2 aromatic carbocycles. The Kier molecular flexibility index (Phi) is 4.09. The first-order valence-electron chi connectivity index (χ1n) is 7.17. The molecule has 0 aliphatic carbocycles. The zero-order valence-corrected chi connectivity index (χ0v) is 15.1. The molecule has 0 bridgehead atoms. The summed E-state index contributed by atoms with van der Waals surface area (Å²) in [5.41, 5.74) is 5.81. The fraction of sp³-hybridized carbons (Fsp3) is 0.105. The second-order valence-corrected chi connectivity index (χ2v) is 5.52. The second-order valence-electron chi connectivity index (χ2n) is 5.52. The molecule has 0 spiro atoms. The number of H-pyrrole nitrogens is 1. The smallest absolute Gasteiger partial charge is 1.00 e. The van der Waals surface area contributed by atoms with Crippen LogP contribution in [0.15, 0.2) is 54.7 Å². The van der Waals surface area contributed by atoms with Gasteiger partial charge in [0.2, 0.25) is 0 Å². The molecular formula is C19H17N2Na. The number of hydrogen-bond donors (Lipinski definition) is 1. The number of fused-ring (bicyclic) bond motifs is 2. The summed E-state index contributed by atoms with van der Waals surface area (Å²) in [7, 11) is 0. The number of aromatic amines is 1. The fourth-order valence-electron chi connectivity index (χ4n) is 2.94. The van der Waals surface area contributed by atoms with Crippen molar-refractivity contribution in [3.63, 3.8) is 0 Å². The quantitative estimate of drug-likeness (QED) is 0.536. The Morgan fingerprint density at radius 2 is 1.73 bits per heavy atom. The number of rotatable bonds is 1. The molecule has 2 nitrogen and oxygen atoms in total. The van der Waals surface area contributed by atoms with Gasteiger partial charge in [0.25, 0.3) is 0 Å². The maximum atomic E-state index is 4.61. The van der Waals surface area contributed by atoms with E-state index in [1.807, 2.05) is 6.20 Å². The molecule has 0 fully saturated rings. The summed E-state index contributed by atoms with van der Waals surface area (Å²) >= 11 is 0. The van der Waals surface area contributed by atoms with Gasteiger partial charge in [-0.3, -0.25) is 4.98 Å². The summed E-state index contributed by atoms with van der Waals surface area (Å²) in [5, 5.41) is 3.76. The van der Waals surface area contributed by atoms with Crippen LogP contribution in [0.25, 0.3) is 32.9 Å². The van der Waals surface area contributed by atoms with Gasteiger partial charge in [0.15, 0.2) is 0 Å². The summed E-state index contributed by atoms with van der Waals surface area (Å²) in [6.45, 7) is 4.26. The molecule has 2 heterocycles. The van der Waals surface area contributed by atoms with Crippen LogP contribution >= 0.6 is 0 Å². The van der Waals surface area contributed by atoms with Crippen molar-refractivity contribution in [1.29, 1.82) is 0 Å². The molecular weight excluding hydrogens is 279 g/mol. The fourth-order valence-corrected chi connectivity index (χ4v) is 2.94. The molecule has 0 saturated carbocycles. The van der Waals surface area contributed by atoms with Gasteiger partial charge in [-0.15, -0.1) is 0 Å². The van der Waals surface area contributed by atoms with E-state index in [2.05, 4.69) is 72.3 Å². The third kappa shape index (κ3) is 2.38. The van der Waals surface area contributed by atoms with Crippen LogP contribution in [0.4, 0.5) is 0 Å². The molecule has 0 atom stereocenters. The third-order valence-electron chi connectivity index (χ3n) is 4.25. The standard InChI is InChI=1S/C19H16N2.Na.H/c1-12-13(2)21-19-17(12)9-10-20-18(19)16-8-7-14-5-3-4-6-15(14)11-16;;/h3-11,21H,1-2H3;;/q;+1;-1. The van der Waals surface area contributed by atoms with E-state index in [1.54, 1.807) is 0 Å². The molecule has 0 amide bonds. The maximum Gasteiger partial charge on any atom is 1.00 e. The molecule has 0 aliphatic heterocycles. The van der Waals surface area contributed by atoms with Crippen molar-refractivity contribution in [3.8, 4) is 11.3 Å². The number of hydrogen-bond acceptors (Lipinski definition) is 1. The maximum absolute atomic E-state index is 4.61. The van der Waals surface area contributed by atoms with Crippen molar-refractivity contribution in [1.82, 2.24) is 9.97 Å². The minimum atomic E-state index is 0. The zero-order valence-electron chi connectivity index (χ0n) is 14.1. The van der Waals surface area contributed by atoms with Crippen LogP contribution in [-0.2, 0) is 0 Å². The summed E-state index contributed by atoms with van der Waals surface area (Å²) in [6, 6.07) is 17.0. The van der Waals surface area contributed by atoms with E-state index in [0.717, 1.165) is 16.8 Å². The van der Waals surface area contributed by atoms with Gasteiger partial charge < -0.3 is 6.41 Å². The first-order chi connectivity index (χ1) is 10.2. The van der Waals surface area contributed by atoms with Crippen LogP contribution in [0.2, 0.25) is 0 Å². The second kappa shape index (κ2) is 5.88. The summed E-state index contributed by atoms with van der Waals surface area (Å²) in [4.78, 5) is 8.09. The van der Waals surface area contributed by atoms with Crippen molar-refractivity contribution in [3.05, 3.63) is 66.0 Å². The van der Waals surface area contributed by atoms with Gasteiger partial charge >= 0.3 is 29.6 Å². The van der Waals surface area contributed by atoms with Gasteiger partial charge in [-0.25, -0.2) is 0 Å². The summed E-state index contributed by atoms with van der Waals surface area (Å²) < 4.78 is 0. The van der Waals surface area contributed by atoms with Gasteiger partial charge in [-0.1, -0.05) is 36.4 Å². The predicted molar refractivity (Wildman–Crippen MR) is 89.6 cm³/mol. The van der Waals surface area contributed by atoms with Crippen molar-refractivity contribution in [2.45, 2.75) is 13.8 Å². The van der Waals surface area contributed by atoms with Crippen LogP contribution in [0.5, 0.6) is 0 Å². The largest absolute Gasteiger partial charge is 1.00 e. The molecule has 22 heavy (non-hydrogen) atoms. The van der Waals surface area contributed by atoms with E-state index < -0.39 is 0 Å². The van der Waals surface area contributed by atoms with E-state index in [-0.39, 0.29) is 31.0 Å². The van der Waals surface area contributed by atoms with Gasteiger partial charge in [0, 0.05) is 22.8 Å². The van der Waals surface area contributed by atoms with E-state index in [1.165, 1.54) is 27.4 Å². The van der Waals surface area contributed by atoms with Gasteiger partial charge in [0.1, 0.15) is 0 Å². The average molecular weight is 296 g/mol. The normalized spacial score (nSPS) is 10.8. The van der Waals surface area contributed by atoms with E-state index >= 15 is 0 Å². The topological polar surface area (TPSA) is 28.7 Å². The average Bonchev–Trinajstić information content (AvgIpc) is 2.82. The molecule has 2 aromatic heterocycles. The van der Waals surface area contributed by atoms with Crippen LogP contribution in [0, 0.1) is 13.8 Å². The van der Waals surface area contributed by atoms with E-state index in [4.69, 9.17) is 0 Å². The van der Waals surface area contributed by atoms with Crippen molar-refractivity contribution in [2.24, 2.45) is 0 Å². The molecule has 0 radical (unpaired) electrons. The third-order valence-corrected chi connectivity index (χ3v) is 4.25. The van der Waals surface area contributed by atoms with Crippen LogP contribution in [0.3, 0.4) is 0 Å². The Labute approximate surface area is 153 Å². The summed E-state index contributed by atoms with van der Waals surface area (Å²) in [6.07, 6.45) is 1.90. The van der Waals surface area contributed by atoms with Crippen LogP contribution in [0.1, 0.15) is 12.7 Å². The molecule has 1 N–H and O–H groups in total. The first-order valence-corrected chi connectivity index (χ1v) is 7.17. The zero-order chi connectivity index (χ0) is 14.4. The Hall–Kier alpha value is -1.61. The number of nitrogens with zero attached hydrogens (tertiary/aromatic N) is 1. The molecule has 4 rings (SSSR count). The number of pyridine rings is 1. The monoisotopic (exact) mass is 296 g/mol. The van der Waals surface area contributed by atoms with Gasteiger partial charge in [-0.2, -0.15) is 0 Å². The van der Waals surface area contributed by atoms with Crippen molar-refractivity contribution >= 4 is 21.7 Å². The van der Waals surface area contributed by atoms with E-state index in [0.29, 0.717) is 0 Å². The predicted octanol–water partition coefficient (Wildman–Crippen LogP) is 2.12. The first kappa shape index (κ1) is 15.3. The Bertz CT molecular complexity index is 976. The number of nitrogens with one attached hydrogen (secondary N) is 1. The van der Waals surface area contributed by atoms with E-state index in [9.17, 15) is 0 Å². The Morgan fingerprint density at radius 3 is 2.55 bits per heavy atom. The summed E-state index contributed by atoms with van der Waals surface area (Å²) in [5.74, 6) is 0. The van der Waals surface area contributed by atoms with Crippen LogP contribution in [-0.4, -0.2) is 9.97 Å². The SMILES string of the molecule is Cc1[nH]c2c(-c3ccc4ccccc4c3)nccc2c1C.[H-].[Na+]. The molecule has 4 aromatic rings. The van der Waals surface area contributed by atoms with Crippen molar-refractivity contribution in [2.75, 3.05) is 0 Å². The van der Waals surface area contributed by atoms with Gasteiger partial charge in [-0.05, 0) is 42.3 Å². The Morgan fingerprint density at radius 1 is 0.955 bits per heavy atom. The molecule has 0 unspecified atom stereocenters. The number of benzene rings is 2. The molecule has 0 aliphatic rings. The van der Waals surface area contributed by atoms with Crippen molar-refractivity contribution < 1.29 is 31.0 Å².